The molecular formula is C26H30ClF4N5O5. The first-order valence-electron chi connectivity index (χ1n) is 13.4. The number of ether oxygens (including phenoxy) is 1. The molecule has 3 fully saturated rings. The number of anilines is 1. The summed E-state index contributed by atoms with van der Waals surface area (Å²) in [6, 6.07) is 1.81. The largest absolute Gasteiger partial charge is 0.468 e. The van der Waals surface area contributed by atoms with Gasteiger partial charge < -0.3 is 19.9 Å². The summed E-state index contributed by atoms with van der Waals surface area (Å²) in [5, 5.41) is 1.46. The quantitative estimate of drug-likeness (QED) is 0.347. The fraction of sp³-hybridized carbons (Fsp3) is 0.615. The zero-order valence-electron chi connectivity index (χ0n) is 22.2. The van der Waals surface area contributed by atoms with Crippen molar-refractivity contribution in [2.75, 3.05) is 38.2 Å². The normalized spacial score (nSPS) is 27.0. The predicted molar refractivity (Wildman–Crippen MR) is 137 cm³/mol. The summed E-state index contributed by atoms with van der Waals surface area (Å²) in [4.78, 5) is 54.5. The zero-order chi connectivity index (χ0) is 29.7. The first kappa shape index (κ1) is 29.5. The van der Waals surface area contributed by atoms with Crippen LogP contribution >= 0.6 is 11.6 Å². The Morgan fingerprint density at radius 1 is 1.17 bits per heavy atom. The number of methoxy groups -OCH3 is 1. The van der Waals surface area contributed by atoms with Crippen molar-refractivity contribution in [3.8, 4) is 0 Å². The minimum atomic E-state index is -4.63. The van der Waals surface area contributed by atoms with Gasteiger partial charge in [-0.3, -0.25) is 24.6 Å². The Labute approximate surface area is 238 Å². The Morgan fingerprint density at radius 3 is 2.54 bits per heavy atom. The number of hydrogen-bond donors (Lipinski definition) is 3. The number of fused-ring (bicyclic) bond motifs is 3. The van der Waals surface area contributed by atoms with Crippen molar-refractivity contribution in [3.05, 3.63) is 28.5 Å². The van der Waals surface area contributed by atoms with Crippen molar-refractivity contribution in [2.45, 2.75) is 55.8 Å². The second-order valence-corrected chi connectivity index (χ2v) is 11.4. The number of piperidine rings is 1. The number of likely N-dealkylation sites (tertiary alicyclic amines) is 1. The highest BCUT2D eigenvalue weighted by atomic mass is 35.5. The van der Waals surface area contributed by atoms with Crippen molar-refractivity contribution in [2.24, 2.45) is 11.8 Å². The standard InChI is InChI=1S/C26H30ClF4N5O5/c1-41-23(39)21-14-10-13(2-4-16(14)33-34-21)22(38)35-8-6-25(7-9-35)19-17(5-3-15(28)20(19)27)36(24(25)40)11-18(37)32-12-26(29,30)31/h3,5,13-14,16,21,33-34H,2,4,6-12H2,1H3,(H,32,37). The number of hydrazine groups is 1. The van der Waals surface area contributed by atoms with Gasteiger partial charge in [0.05, 0.1) is 23.2 Å². The maximum absolute atomic E-state index is 14.6. The van der Waals surface area contributed by atoms with Gasteiger partial charge in [-0.25, -0.2) is 9.82 Å². The molecule has 224 valence electrons. The molecule has 41 heavy (non-hydrogen) atoms. The molecule has 3 heterocycles. The third kappa shape index (κ3) is 5.37. The molecule has 1 aromatic carbocycles. The number of amides is 3. The molecule has 5 rings (SSSR count). The molecule has 10 nitrogen and oxygen atoms in total. The summed E-state index contributed by atoms with van der Waals surface area (Å²) in [6.45, 7) is -1.93. The highest BCUT2D eigenvalue weighted by molar-refractivity contribution is 6.33. The average Bonchev–Trinajstić information content (AvgIpc) is 3.46. The van der Waals surface area contributed by atoms with Gasteiger partial charge in [-0.2, -0.15) is 13.2 Å². The van der Waals surface area contributed by atoms with Crippen LogP contribution in [0, 0.1) is 17.7 Å². The molecule has 4 atom stereocenters. The SMILES string of the molecule is COC(=O)C1NNC2CCC(C(=O)N3CCC4(CC3)C(=O)N(CC(=O)NCC(F)(F)F)c3ccc(F)c(Cl)c34)CC21. The van der Waals surface area contributed by atoms with Crippen molar-refractivity contribution in [1.82, 2.24) is 21.1 Å². The van der Waals surface area contributed by atoms with Crippen LogP contribution in [0.4, 0.5) is 23.2 Å². The minimum absolute atomic E-state index is 0.0386. The Bertz CT molecular complexity index is 1260. The summed E-state index contributed by atoms with van der Waals surface area (Å²) in [5.74, 6) is -3.33. The van der Waals surface area contributed by atoms with Crippen LogP contribution in [0.3, 0.4) is 0 Å². The first-order chi connectivity index (χ1) is 19.4. The number of halogens is 5. The van der Waals surface area contributed by atoms with Crippen LogP contribution in [0.25, 0.3) is 0 Å². The molecule has 3 amide bonds. The Kier molecular flexibility index (Phi) is 7.94. The van der Waals surface area contributed by atoms with Gasteiger partial charge in [0.1, 0.15) is 24.9 Å². The van der Waals surface area contributed by atoms with Crippen molar-refractivity contribution in [1.29, 1.82) is 0 Å². The lowest BCUT2D eigenvalue weighted by Crippen LogP contribution is -2.53. The number of carbonyl (C=O) groups excluding carboxylic acids is 4. The number of nitrogens with one attached hydrogen (secondary N) is 3. The van der Waals surface area contributed by atoms with Crippen LogP contribution in [-0.2, 0) is 29.3 Å². The summed E-state index contributed by atoms with van der Waals surface area (Å²) in [7, 11) is 1.31. The number of nitrogens with zero attached hydrogens (tertiary/aromatic N) is 2. The van der Waals surface area contributed by atoms with E-state index >= 15 is 0 Å². The highest BCUT2D eigenvalue weighted by Gasteiger charge is 2.55. The number of alkyl halides is 3. The smallest absolute Gasteiger partial charge is 0.405 e. The summed E-state index contributed by atoms with van der Waals surface area (Å²) >= 11 is 6.34. The van der Waals surface area contributed by atoms with Gasteiger partial charge >= 0.3 is 12.1 Å². The van der Waals surface area contributed by atoms with Gasteiger partial charge in [0.15, 0.2) is 0 Å². The van der Waals surface area contributed by atoms with Crippen LogP contribution in [0.1, 0.15) is 37.7 Å². The highest BCUT2D eigenvalue weighted by Crippen LogP contribution is 2.51. The van der Waals surface area contributed by atoms with Gasteiger partial charge in [0, 0.05) is 36.5 Å². The second-order valence-electron chi connectivity index (χ2n) is 11.0. The van der Waals surface area contributed by atoms with E-state index in [1.54, 1.807) is 10.2 Å². The van der Waals surface area contributed by atoms with Crippen LogP contribution in [-0.4, -0.2) is 80.1 Å². The summed E-state index contributed by atoms with van der Waals surface area (Å²) in [6.07, 6.45) is -2.65. The molecule has 1 saturated carbocycles. The van der Waals surface area contributed by atoms with E-state index in [2.05, 4.69) is 10.9 Å². The Morgan fingerprint density at radius 2 is 1.88 bits per heavy atom. The molecular weight excluding hydrogens is 574 g/mol. The molecule has 4 aliphatic rings. The van der Waals surface area contributed by atoms with Gasteiger partial charge in [-0.15, -0.1) is 0 Å². The van der Waals surface area contributed by atoms with Gasteiger partial charge in [0.25, 0.3) is 0 Å². The number of carbonyl (C=O) groups is 4. The molecule has 3 N–H and O–H groups in total. The molecule has 0 radical (unpaired) electrons. The monoisotopic (exact) mass is 603 g/mol. The molecule has 2 saturated heterocycles. The Hall–Kier alpha value is -2.97. The van der Waals surface area contributed by atoms with Crippen LogP contribution in [0.15, 0.2) is 12.1 Å². The third-order valence-corrected chi connectivity index (χ3v) is 9.14. The fourth-order valence-electron chi connectivity index (χ4n) is 6.72. The maximum Gasteiger partial charge on any atom is 0.405 e. The second kappa shape index (κ2) is 11.0. The molecule has 1 spiro atoms. The van der Waals surface area contributed by atoms with E-state index in [9.17, 15) is 36.7 Å². The van der Waals surface area contributed by atoms with Crippen LogP contribution < -0.4 is 21.1 Å². The van der Waals surface area contributed by atoms with E-state index < -0.39 is 54.3 Å². The number of rotatable bonds is 5. The third-order valence-electron chi connectivity index (χ3n) is 8.77. The zero-order valence-corrected chi connectivity index (χ0v) is 22.9. The van der Waals surface area contributed by atoms with Gasteiger partial charge in [-0.1, -0.05) is 11.6 Å². The average molecular weight is 604 g/mol. The lowest BCUT2D eigenvalue weighted by atomic mass is 9.72. The molecule has 3 aliphatic heterocycles. The van der Waals surface area contributed by atoms with E-state index in [0.29, 0.717) is 19.3 Å². The summed E-state index contributed by atoms with van der Waals surface area (Å²) in [5.41, 5.74) is 5.08. The van der Waals surface area contributed by atoms with E-state index in [1.165, 1.54) is 13.2 Å². The van der Waals surface area contributed by atoms with E-state index in [0.717, 1.165) is 11.0 Å². The molecule has 0 bridgehead atoms. The minimum Gasteiger partial charge on any atom is -0.468 e. The fourth-order valence-corrected chi connectivity index (χ4v) is 7.06. The molecule has 0 aromatic heterocycles. The van der Waals surface area contributed by atoms with E-state index in [-0.39, 0.29) is 66.0 Å². The predicted octanol–water partition coefficient (Wildman–Crippen LogP) is 1.80. The van der Waals surface area contributed by atoms with Gasteiger partial charge in [-0.05, 0) is 44.2 Å². The molecule has 15 heteroatoms. The first-order valence-corrected chi connectivity index (χ1v) is 13.8. The Balaban J connectivity index is 1.30. The lowest BCUT2D eigenvalue weighted by molar-refractivity contribution is -0.146. The number of esters is 1. The number of benzene rings is 1. The molecule has 1 aromatic rings. The summed E-state index contributed by atoms with van der Waals surface area (Å²) < 4.78 is 57.2. The van der Waals surface area contributed by atoms with Crippen LogP contribution in [0.5, 0.6) is 0 Å². The molecule has 4 unspecified atom stereocenters. The van der Waals surface area contributed by atoms with E-state index in [1.807, 2.05) is 0 Å². The van der Waals surface area contributed by atoms with Gasteiger partial charge in [0.2, 0.25) is 17.7 Å². The topological polar surface area (TPSA) is 120 Å². The van der Waals surface area contributed by atoms with Crippen molar-refractivity contribution < 1.29 is 41.5 Å². The van der Waals surface area contributed by atoms with E-state index in [4.69, 9.17) is 16.3 Å². The number of hydrogen-bond acceptors (Lipinski definition) is 7. The van der Waals surface area contributed by atoms with Crippen molar-refractivity contribution >= 4 is 41.0 Å². The lowest BCUT2D eigenvalue weighted by Gasteiger charge is -2.41. The van der Waals surface area contributed by atoms with Crippen molar-refractivity contribution in [3.63, 3.8) is 0 Å². The maximum atomic E-state index is 14.6. The molecule has 1 aliphatic carbocycles. The van der Waals surface area contributed by atoms with Crippen LogP contribution in [0.2, 0.25) is 5.02 Å².